The van der Waals surface area contributed by atoms with Crippen molar-refractivity contribution in [3.63, 3.8) is 0 Å². The van der Waals surface area contributed by atoms with E-state index < -0.39 is 20.9 Å². The summed E-state index contributed by atoms with van der Waals surface area (Å²) < 4.78 is 28.5. The van der Waals surface area contributed by atoms with Crippen molar-refractivity contribution < 1.29 is 17.9 Å². The van der Waals surface area contributed by atoms with E-state index in [9.17, 15) is 13.2 Å². The van der Waals surface area contributed by atoms with Crippen LogP contribution in [0.5, 0.6) is 0 Å². The zero-order valence-corrected chi connectivity index (χ0v) is 10.5. The van der Waals surface area contributed by atoms with E-state index in [0.717, 1.165) is 12.8 Å². The monoisotopic (exact) mass is 237 g/mol. The van der Waals surface area contributed by atoms with E-state index in [2.05, 4.69) is 4.74 Å². The van der Waals surface area contributed by atoms with Crippen LogP contribution in [0.4, 0.5) is 4.79 Å². The molecular formula is C9H19NO4S. The standard InChI is InChI=1S/C9H19NO4S/c1-5-6-7-14-8(11)10-15(12,13)9(2,3)4/h5-7H2,1-4H3,(H,10,11). The molecule has 5 nitrogen and oxygen atoms in total. The first-order valence-corrected chi connectivity index (χ1v) is 6.38. The van der Waals surface area contributed by atoms with E-state index in [1.165, 1.54) is 20.8 Å². The van der Waals surface area contributed by atoms with Gasteiger partial charge in [0.05, 0.1) is 11.4 Å². The topological polar surface area (TPSA) is 72.5 Å². The highest BCUT2D eigenvalue weighted by molar-refractivity contribution is 7.91. The molecule has 0 saturated carbocycles. The summed E-state index contributed by atoms with van der Waals surface area (Å²) in [5, 5.41) is 0. The second kappa shape index (κ2) is 5.34. The molecule has 1 amide bonds. The third-order valence-corrected chi connectivity index (χ3v) is 3.80. The molecule has 0 bridgehead atoms. The van der Waals surface area contributed by atoms with Crippen molar-refractivity contribution in [3.8, 4) is 0 Å². The Labute approximate surface area is 91.2 Å². The van der Waals surface area contributed by atoms with Crippen LogP contribution in [0.2, 0.25) is 0 Å². The Balaban J connectivity index is 4.19. The summed E-state index contributed by atoms with van der Waals surface area (Å²) in [5.74, 6) is 0. The maximum absolute atomic E-state index is 11.5. The summed E-state index contributed by atoms with van der Waals surface area (Å²) in [6.45, 7) is 6.72. The second-order valence-electron chi connectivity index (χ2n) is 4.21. The number of carbonyl (C=O) groups excluding carboxylic acids is 1. The van der Waals surface area contributed by atoms with Gasteiger partial charge < -0.3 is 4.74 Å². The first kappa shape index (κ1) is 14.2. The number of rotatable bonds is 4. The molecule has 0 unspecified atom stereocenters. The lowest BCUT2D eigenvalue weighted by atomic mass is 10.3. The minimum absolute atomic E-state index is 0.238. The summed E-state index contributed by atoms with van der Waals surface area (Å²) >= 11 is 0. The fraction of sp³-hybridized carbons (Fsp3) is 0.889. The van der Waals surface area contributed by atoms with Crippen molar-refractivity contribution in [3.05, 3.63) is 0 Å². The predicted molar refractivity (Wildman–Crippen MR) is 58.1 cm³/mol. The van der Waals surface area contributed by atoms with Gasteiger partial charge in [-0.25, -0.2) is 17.9 Å². The second-order valence-corrected chi connectivity index (χ2v) is 6.64. The molecule has 0 atom stereocenters. The van der Waals surface area contributed by atoms with Crippen LogP contribution in [0, 0.1) is 0 Å². The fourth-order valence-electron chi connectivity index (χ4n) is 0.601. The number of nitrogens with one attached hydrogen (secondary N) is 1. The number of hydrogen-bond donors (Lipinski definition) is 1. The van der Waals surface area contributed by atoms with E-state index >= 15 is 0 Å². The van der Waals surface area contributed by atoms with E-state index in [1.54, 1.807) is 0 Å². The summed E-state index contributed by atoms with van der Waals surface area (Å²) in [6, 6.07) is 0. The zero-order valence-electron chi connectivity index (χ0n) is 9.66. The molecule has 0 aromatic carbocycles. The van der Waals surface area contributed by atoms with Crippen LogP contribution in [-0.2, 0) is 14.8 Å². The molecule has 0 rings (SSSR count). The third kappa shape index (κ3) is 5.01. The number of unbranched alkanes of at least 4 members (excludes halogenated alkanes) is 1. The Morgan fingerprint density at radius 2 is 1.87 bits per heavy atom. The minimum atomic E-state index is -3.66. The van der Waals surface area contributed by atoms with Crippen molar-refractivity contribution in [1.29, 1.82) is 0 Å². The molecule has 1 N–H and O–H groups in total. The molecule has 0 aromatic heterocycles. The van der Waals surface area contributed by atoms with Gasteiger partial charge in [0, 0.05) is 0 Å². The lowest BCUT2D eigenvalue weighted by Crippen LogP contribution is -2.42. The third-order valence-electron chi connectivity index (χ3n) is 1.75. The molecule has 0 aliphatic rings. The molecule has 6 heteroatoms. The molecule has 0 aromatic rings. The minimum Gasteiger partial charge on any atom is -0.449 e. The smallest absolute Gasteiger partial charge is 0.420 e. The molecule has 0 fully saturated rings. The maximum atomic E-state index is 11.5. The highest BCUT2D eigenvalue weighted by Crippen LogP contribution is 2.12. The maximum Gasteiger partial charge on any atom is 0.420 e. The average Bonchev–Trinajstić information content (AvgIpc) is 2.01. The number of sulfonamides is 1. The van der Waals surface area contributed by atoms with Crippen molar-refractivity contribution in [2.75, 3.05) is 6.61 Å². The summed E-state index contributed by atoms with van der Waals surface area (Å²) in [5.41, 5.74) is 0. The van der Waals surface area contributed by atoms with Gasteiger partial charge in [0.1, 0.15) is 0 Å². The zero-order chi connectivity index (χ0) is 12.1. The molecule has 15 heavy (non-hydrogen) atoms. The largest absolute Gasteiger partial charge is 0.449 e. The Hall–Kier alpha value is -0.780. The van der Waals surface area contributed by atoms with Gasteiger partial charge in [0.25, 0.3) is 0 Å². The Morgan fingerprint density at radius 1 is 1.33 bits per heavy atom. The van der Waals surface area contributed by atoms with E-state index in [1.807, 2.05) is 11.6 Å². The van der Waals surface area contributed by atoms with Crippen molar-refractivity contribution >= 4 is 16.1 Å². The summed E-state index contributed by atoms with van der Waals surface area (Å²) in [4.78, 5) is 11.1. The highest BCUT2D eigenvalue weighted by atomic mass is 32.2. The van der Waals surface area contributed by atoms with Gasteiger partial charge in [-0.2, -0.15) is 0 Å². The highest BCUT2D eigenvalue weighted by Gasteiger charge is 2.31. The molecule has 0 heterocycles. The Morgan fingerprint density at radius 3 is 2.27 bits per heavy atom. The molecule has 90 valence electrons. The van der Waals surface area contributed by atoms with E-state index in [-0.39, 0.29) is 6.61 Å². The van der Waals surface area contributed by atoms with Crippen LogP contribution >= 0.6 is 0 Å². The average molecular weight is 237 g/mol. The van der Waals surface area contributed by atoms with Gasteiger partial charge >= 0.3 is 6.09 Å². The van der Waals surface area contributed by atoms with Crippen molar-refractivity contribution in [2.45, 2.75) is 45.3 Å². The molecular weight excluding hydrogens is 218 g/mol. The molecule has 0 aliphatic heterocycles. The normalized spacial score (nSPS) is 12.3. The summed E-state index contributed by atoms with van der Waals surface area (Å²) in [6.07, 6.45) is 0.709. The Bertz CT molecular complexity index is 303. The van der Waals surface area contributed by atoms with Crippen molar-refractivity contribution in [2.24, 2.45) is 0 Å². The SMILES string of the molecule is CCCCOC(=O)NS(=O)(=O)C(C)(C)C. The van der Waals surface area contributed by atoms with E-state index in [0.29, 0.717) is 0 Å². The van der Waals surface area contributed by atoms with Crippen LogP contribution in [0.25, 0.3) is 0 Å². The van der Waals surface area contributed by atoms with Crippen LogP contribution in [0.15, 0.2) is 0 Å². The van der Waals surface area contributed by atoms with Gasteiger partial charge in [-0.1, -0.05) is 13.3 Å². The van der Waals surface area contributed by atoms with Crippen molar-refractivity contribution in [1.82, 2.24) is 4.72 Å². The lowest BCUT2D eigenvalue weighted by Gasteiger charge is -2.19. The first-order valence-electron chi connectivity index (χ1n) is 4.90. The quantitative estimate of drug-likeness (QED) is 0.754. The molecule has 0 saturated heterocycles. The van der Waals surface area contributed by atoms with Gasteiger partial charge in [-0.3, -0.25) is 0 Å². The van der Waals surface area contributed by atoms with Gasteiger partial charge in [0.15, 0.2) is 0 Å². The number of amides is 1. The molecule has 0 spiro atoms. The first-order chi connectivity index (χ1) is 6.70. The fourth-order valence-corrected chi connectivity index (χ4v) is 1.19. The van der Waals surface area contributed by atoms with Crippen LogP contribution in [0.3, 0.4) is 0 Å². The lowest BCUT2D eigenvalue weighted by molar-refractivity contribution is 0.150. The van der Waals surface area contributed by atoms with Gasteiger partial charge in [-0.05, 0) is 27.2 Å². The van der Waals surface area contributed by atoms with Gasteiger partial charge in [0.2, 0.25) is 10.0 Å². The van der Waals surface area contributed by atoms with Crippen LogP contribution < -0.4 is 4.72 Å². The molecule has 0 radical (unpaired) electrons. The van der Waals surface area contributed by atoms with Crippen LogP contribution in [0.1, 0.15) is 40.5 Å². The predicted octanol–water partition coefficient (Wildman–Crippen LogP) is 1.64. The van der Waals surface area contributed by atoms with E-state index in [4.69, 9.17) is 0 Å². The molecule has 0 aliphatic carbocycles. The number of carbonyl (C=O) groups is 1. The van der Waals surface area contributed by atoms with Crippen LogP contribution in [-0.4, -0.2) is 25.9 Å². The Kier molecular flexibility index (Phi) is 5.07. The van der Waals surface area contributed by atoms with Gasteiger partial charge in [-0.15, -0.1) is 0 Å². The number of ether oxygens (including phenoxy) is 1. The summed E-state index contributed by atoms with van der Waals surface area (Å²) in [7, 11) is -3.66. The number of hydrogen-bond acceptors (Lipinski definition) is 4.